The van der Waals surface area contributed by atoms with Crippen LogP contribution in [0.3, 0.4) is 0 Å². The van der Waals surface area contributed by atoms with Crippen molar-refractivity contribution in [1.29, 1.82) is 0 Å². The lowest BCUT2D eigenvalue weighted by molar-refractivity contribution is -0.141. The van der Waals surface area contributed by atoms with Crippen molar-refractivity contribution in [1.82, 2.24) is 0 Å². The summed E-state index contributed by atoms with van der Waals surface area (Å²) in [6.07, 6.45) is 0.873. The van der Waals surface area contributed by atoms with Crippen molar-refractivity contribution in [3.63, 3.8) is 0 Å². The second kappa shape index (κ2) is 13.4. The number of thiophene rings is 2. The van der Waals surface area contributed by atoms with Gasteiger partial charge in [0.05, 0.1) is 49.0 Å². The lowest BCUT2D eigenvalue weighted by Crippen LogP contribution is -2.22. The molecule has 47 heavy (non-hydrogen) atoms. The maximum Gasteiger partial charge on any atom is 0.306 e. The minimum absolute atomic E-state index is 0.0167. The number of carboxylic acids is 2. The van der Waals surface area contributed by atoms with Crippen LogP contribution < -0.4 is 18.9 Å². The summed E-state index contributed by atoms with van der Waals surface area (Å²) in [4.78, 5) is 48.1. The van der Waals surface area contributed by atoms with Crippen molar-refractivity contribution < 1.29 is 57.1 Å². The van der Waals surface area contributed by atoms with Gasteiger partial charge in [-0.05, 0) is 25.0 Å². The first-order valence-corrected chi connectivity index (χ1v) is 16.3. The second-order valence-electron chi connectivity index (χ2n) is 11.8. The summed E-state index contributed by atoms with van der Waals surface area (Å²) in [7, 11) is 2.72. The van der Waals surface area contributed by atoms with E-state index in [-0.39, 0.29) is 69.6 Å². The molecule has 2 atom stereocenters. The van der Waals surface area contributed by atoms with Crippen molar-refractivity contribution >= 4 is 66.4 Å². The largest absolute Gasteiger partial charge is 0.493 e. The number of carbonyl (C=O) groups is 4. The molecule has 0 radical (unpaired) electrons. The Labute approximate surface area is 275 Å². The van der Waals surface area contributed by atoms with Gasteiger partial charge in [-0.2, -0.15) is 0 Å². The van der Waals surface area contributed by atoms with Gasteiger partial charge in [-0.1, -0.05) is 13.8 Å². The predicted molar refractivity (Wildman–Crippen MR) is 171 cm³/mol. The topological polar surface area (TPSA) is 146 Å². The van der Waals surface area contributed by atoms with Crippen molar-refractivity contribution in [2.24, 2.45) is 17.3 Å². The number of halogens is 2. The van der Waals surface area contributed by atoms with E-state index < -0.39 is 52.4 Å². The molecule has 1 aliphatic rings. The Bertz CT molecular complexity index is 1760. The van der Waals surface area contributed by atoms with Crippen LogP contribution in [0.5, 0.6) is 23.0 Å². The Kier molecular flexibility index (Phi) is 9.73. The molecule has 4 aromatic rings. The smallest absolute Gasteiger partial charge is 0.306 e. The molecule has 0 unspecified atom stereocenters. The van der Waals surface area contributed by atoms with Gasteiger partial charge in [0.15, 0.2) is 46.2 Å². The molecule has 14 heteroatoms. The van der Waals surface area contributed by atoms with E-state index in [9.17, 15) is 19.2 Å². The van der Waals surface area contributed by atoms with Gasteiger partial charge in [0, 0.05) is 50.6 Å². The maximum absolute atomic E-state index is 15.7. The number of ether oxygens (including phenoxy) is 4. The summed E-state index contributed by atoms with van der Waals surface area (Å²) in [5.74, 6) is -6.30. The van der Waals surface area contributed by atoms with Crippen molar-refractivity contribution in [2.45, 2.75) is 39.5 Å². The standard InChI is InChI=1S/C33H32F2O10S2/c1-15(31(38)39)7-19(36)25-9-17-23(46-25)11-21(42-3)29(27(17)34)44-13-33(5-6-33)14-45-30-22(43-4)12-24-18(28(30)35)10-26(47-24)20(37)8-16(2)32(40)41/h9-12,15-16H,5-8,13-14H2,1-4H3,(H,38,39)(H,40,41)/t15-,16-/m0/s1. The zero-order valence-corrected chi connectivity index (χ0v) is 27.6. The third kappa shape index (κ3) is 7.03. The van der Waals surface area contributed by atoms with E-state index >= 15 is 8.78 Å². The monoisotopic (exact) mass is 690 g/mol. The van der Waals surface area contributed by atoms with Gasteiger partial charge in [0.25, 0.3) is 0 Å². The Morgan fingerprint density at radius 2 is 1.13 bits per heavy atom. The first-order chi connectivity index (χ1) is 22.3. The van der Waals surface area contributed by atoms with Crippen LogP contribution in [0.4, 0.5) is 8.78 Å². The number of fused-ring (bicyclic) bond motifs is 2. The van der Waals surface area contributed by atoms with E-state index in [1.165, 1.54) is 40.2 Å². The average molecular weight is 691 g/mol. The predicted octanol–water partition coefficient (Wildman–Crippen LogP) is 7.24. The number of methoxy groups -OCH3 is 2. The van der Waals surface area contributed by atoms with E-state index in [2.05, 4.69) is 0 Å². The molecule has 0 amide bonds. The molecule has 0 saturated heterocycles. The minimum Gasteiger partial charge on any atom is -0.493 e. The maximum atomic E-state index is 15.7. The number of carboxylic acid groups (broad SMARTS) is 2. The van der Waals surface area contributed by atoms with Crippen LogP contribution >= 0.6 is 22.7 Å². The molecule has 1 aliphatic carbocycles. The Morgan fingerprint density at radius 3 is 1.45 bits per heavy atom. The molecular formula is C33H32F2O10S2. The fraction of sp³-hybridized carbons (Fsp3) is 0.394. The van der Waals surface area contributed by atoms with Crippen LogP contribution in [0, 0.1) is 28.9 Å². The highest BCUT2D eigenvalue weighted by Gasteiger charge is 2.45. The summed E-state index contributed by atoms with van der Waals surface area (Å²) < 4.78 is 55.0. The molecule has 2 aromatic carbocycles. The van der Waals surface area contributed by atoms with E-state index in [0.717, 1.165) is 22.7 Å². The third-order valence-corrected chi connectivity index (χ3v) is 10.4. The average Bonchev–Trinajstić information content (AvgIpc) is 3.44. The van der Waals surface area contributed by atoms with Gasteiger partial charge in [-0.15, -0.1) is 22.7 Å². The molecule has 2 heterocycles. The van der Waals surface area contributed by atoms with Crippen molar-refractivity contribution in [3.8, 4) is 23.0 Å². The first-order valence-electron chi connectivity index (χ1n) is 14.6. The Morgan fingerprint density at radius 1 is 0.745 bits per heavy atom. The molecule has 1 saturated carbocycles. The number of rotatable bonds is 16. The molecule has 0 bridgehead atoms. The van der Waals surface area contributed by atoms with Crippen LogP contribution in [-0.2, 0) is 9.59 Å². The van der Waals surface area contributed by atoms with Crippen LogP contribution in [0.15, 0.2) is 24.3 Å². The van der Waals surface area contributed by atoms with E-state index in [1.54, 1.807) is 12.1 Å². The molecule has 2 aromatic heterocycles. The number of benzene rings is 2. The van der Waals surface area contributed by atoms with Gasteiger partial charge in [0.1, 0.15) is 0 Å². The van der Waals surface area contributed by atoms with E-state index in [4.69, 9.17) is 29.2 Å². The highest BCUT2D eigenvalue weighted by Crippen LogP contribution is 2.49. The lowest BCUT2D eigenvalue weighted by Gasteiger charge is -2.20. The molecule has 0 spiro atoms. The Hall–Kier alpha value is -4.30. The van der Waals surface area contributed by atoms with E-state index in [1.807, 2.05) is 0 Å². The van der Waals surface area contributed by atoms with Gasteiger partial charge in [0.2, 0.25) is 0 Å². The van der Waals surface area contributed by atoms with Crippen LogP contribution in [0.2, 0.25) is 0 Å². The number of Topliss-reactive ketones (excluding diaryl/α,β-unsaturated/α-hetero) is 2. The fourth-order valence-electron chi connectivity index (χ4n) is 4.93. The highest BCUT2D eigenvalue weighted by molar-refractivity contribution is 7.21. The molecule has 1 fully saturated rings. The molecule has 250 valence electrons. The van der Waals surface area contributed by atoms with E-state index in [0.29, 0.717) is 22.2 Å². The van der Waals surface area contributed by atoms with Crippen LogP contribution in [0.25, 0.3) is 20.2 Å². The normalized spacial score (nSPS) is 14.9. The number of hydrogen-bond donors (Lipinski definition) is 2. The van der Waals surface area contributed by atoms with Crippen LogP contribution in [-0.4, -0.2) is 61.2 Å². The Balaban J connectivity index is 1.32. The molecule has 10 nitrogen and oxygen atoms in total. The summed E-state index contributed by atoms with van der Waals surface area (Å²) in [6, 6.07) is 5.89. The highest BCUT2D eigenvalue weighted by atomic mass is 32.1. The summed E-state index contributed by atoms with van der Waals surface area (Å²) in [6.45, 7) is 2.89. The lowest BCUT2D eigenvalue weighted by atomic mass is 10.0. The fourth-order valence-corrected chi connectivity index (χ4v) is 7.01. The number of aliphatic carboxylic acids is 2. The van der Waals surface area contributed by atoms with Crippen molar-refractivity contribution in [3.05, 3.63) is 45.7 Å². The molecular weight excluding hydrogens is 658 g/mol. The molecule has 2 N–H and O–H groups in total. The zero-order chi connectivity index (χ0) is 34.2. The number of hydrogen-bond acceptors (Lipinski definition) is 10. The molecule has 5 rings (SSSR count). The quantitative estimate of drug-likeness (QED) is 0.115. The van der Waals surface area contributed by atoms with Gasteiger partial charge in [-0.3, -0.25) is 19.2 Å². The van der Waals surface area contributed by atoms with Crippen molar-refractivity contribution in [2.75, 3.05) is 27.4 Å². The molecule has 0 aliphatic heterocycles. The van der Waals surface area contributed by atoms with Crippen LogP contribution in [0.1, 0.15) is 58.9 Å². The number of carbonyl (C=O) groups excluding carboxylic acids is 2. The SMILES string of the molecule is COc1cc2sc(C(=O)C[C@H](C)C(=O)O)cc2c(F)c1OCC1(COc2c(OC)cc3sc(C(=O)C[C@H](C)C(=O)O)cc3c2F)CC1. The first kappa shape index (κ1) is 34.0. The van der Waals surface area contributed by atoms with Gasteiger partial charge >= 0.3 is 11.9 Å². The third-order valence-electron chi connectivity index (χ3n) is 8.18. The summed E-state index contributed by atoms with van der Waals surface area (Å²) in [5.41, 5.74) is -0.565. The van der Waals surface area contributed by atoms with Gasteiger partial charge < -0.3 is 29.2 Å². The van der Waals surface area contributed by atoms with Gasteiger partial charge in [-0.25, -0.2) is 8.78 Å². The zero-order valence-electron chi connectivity index (χ0n) is 25.9. The summed E-state index contributed by atoms with van der Waals surface area (Å²) >= 11 is 2.08. The minimum atomic E-state index is -1.10. The summed E-state index contributed by atoms with van der Waals surface area (Å²) in [5, 5.41) is 18.6. The second-order valence-corrected chi connectivity index (χ2v) is 14.0. The number of ketones is 2.